The van der Waals surface area contributed by atoms with Crippen LogP contribution in [-0.4, -0.2) is 5.16 Å². The molecule has 1 aromatic heterocycles. The molecule has 1 rings (SSSR count). The predicted molar refractivity (Wildman–Crippen MR) is 21.5 cm³/mol. The van der Waals surface area contributed by atoms with Crippen molar-refractivity contribution in [1.82, 2.24) is 11.3 Å². The minimum Gasteiger partial charge on any atom is -0.365 e. The second-order valence-electron chi connectivity index (χ2n) is 0.688. The summed E-state index contributed by atoms with van der Waals surface area (Å²) in [7, 11) is 0. The van der Waals surface area contributed by atoms with Gasteiger partial charge < -0.3 is 10.7 Å². The molecule has 0 fully saturated rings. The van der Waals surface area contributed by atoms with Gasteiger partial charge in [0.25, 0.3) is 0 Å². The number of hydrogen-bond acceptors (Lipinski definition) is 3. The van der Waals surface area contributed by atoms with Crippen LogP contribution in [0.1, 0.15) is 0 Å². The summed E-state index contributed by atoms with van der Waals surface area (Å²) in [4.78, 5) is 0. The molecule has 0 unspecified atom stereocenters. The van der Waals surface area contributed by atoms with Crippen LogP contribution in [0.2, 0.25) is 0 Å². The van der Waals surface area contributed by atoms with E-state index in [1.807, 2.05) is 0 Å². The first-order valence-electron chi connectivity index (χ1n) is 1.34. The van der Waals surface area contributed by atoms with Crippen molar-refractivity contribution in [2.24, 2.45) is 0 Å². The molecule has 1 heterocycles. The Bertz CT molecular complexity index is 65.3. The number of hydrogen-bond donors (Lipinski definition) is 1. The van der Waals surface area contributed by atoms with Gasteiger partial charge in [-0.2, -0.15) is 0 Å². The highest BCUT2D eigenvalue weighted by molar-refractivity contribution is 4.67. The maximum atomic E-state index is 4.33. The van der Waals surface area contributed by atoms with Crippen molar-refractivity contribution in [3.8, 4) is 0 Å². The van der Waals surface area contributed by atoms with Gasteiger partial charge in [-0.25, -0.2) is 0 Å². The Morgan fingerprint density at radius 1 is 1.50 bits per heavy atom. The Hall–Kier alpha value is -0.830. The quantitative estimate of drug-likeness (QED) is 0.508. The fourth-order valence-electron chi connectivity index (χ4n) is 0.176. The third-order valence-electron chi connectivity index (χ3n) is 0.347. The molecular formula is C3H6N2O. The normalized spacial score (nSPS) is 6.67. The fourth-order valence-corrected chi connectivity index (χ4v) is 0.176. The topological polar surface area (TPSA) is 61.0 Å². The van der Waals surface area contributed by atoms with Crippen LogP contribution in [0.15, 0.2) is 23.0 Å². The fraction of sp³-hybridized carbons (Fsp3) is 0. The Morgan fingerprint density at radius 3 is 2.50 bits per heavy atom. The van der Waals surface area contributed by atoms with E-state index in [9.17, 15) is 0 Å². The molecule has 0 atom stereocenters. The first-order chi connectivity index (χ1) is 2.50. The molecule has 0 amide bonds. The van der Waals surface area contributed by atoms with Gasteiger partial charge in [-0.1, -0.05) is 5.16 Å². The van der Waals surface area contributed by atoms with Crippen LogP contribution in [0.4, 0.5) is 0 Å². The molecule has 0 aliphatic heterocycles. The summed E-state index contributed by atoms with van der Waals surface area (Å²) in [5, 5.41) is 3.35. The zero-order chi connectivity index (χ0) is 3.54. The van der Waals surface area contributed by atoms with Gasteiger partial charge in [0, 0.05) is 0 Å². The van der Waals surface area contributed by atoms with Crippen molar-refractivity contribution in [1.29, 1.82) is 0 Å². The minimum absolute atomic E-state index is 0. The van der Waals surface area contributed by atoms with E-state index in [-0.39, 0.29) is 6.15 Å². The van der Waals surface area contributed by atoms with Crippen molar-refractivity contribution in [2.45, 2.75) is 0 Å². The van der Waals surface area contributed by atoms with Crippen LogP contribution >= 0.6 is 0 Å². The standard InChI is InChI=1S/C3H3NO.H3N/c1-2-4-5-3-1;/h1-3H;1H3. The second kappa shape index (κ2) is 2.41. The van der Waals surface area contributed by atoms with E-state index in [0.717, 1.165) is 0 Å². The number of rotatable bonds is 0. The molecule has 0 radical (unpaired) electrons. The average molecular weight is 86.1 g/mol. The van der Waals surface area contributed by atoms with Gasteiger partial charge in [-0.3, -0.25) is 0 Å². The summed E-state index contributed by atoms with van der Waals surface area (Å²) in [6, 6.07) is 1.72. The van der Waals surface area contributed by atoms with E-state index in [4.69, 9.17) is 0 Å². The van der Waals surface area contributed by atoms with Gasteiger partial charge in [0.2, 0.25) is 0 Å². The average Bonchev–Trinajstić information content (AvgIpc) is 1.76. The van der Waals surface area contributed by atoms with Gasteiger partial charge in [0.15, 0.2) is 0 Å². The maximum absolute atomic E-state index is 4.33. The van der Waals surface area contributed by atoms with Crippen molar-refractivity contribution >= 4 is 0 Å². The lowest BCUT2D eigenvalue weighted by molar-refractivity contribution is 0.420. The van der Waals surface area contributed by atoms with Crippen LogP contribution in [0.3, 0.4) is 0 Å². The SMILES string of the molecule is N.c1cnoc1. The van der Waals surface area contributed by atoms with Gasteiger partial charge in [0.05, 0.1) is 6.20 Å². The highest BCUT2D eigenvalue weighted by Gasteiger charge is 1.60. The van der Waals surface area contributed by atoms with Crippen molar-refractivity contribution in [3.05, 3.63) is 18.5 Å². The molecule has 0 bridgehead atoms. The van der Waals surface area contributed by atoms with E-state index >= 15 is 0 Å². The summed E-state index contributed by atoms with van der Waals surface area (Å²) >= 11 is 0. The summed E-state index contributed by atoms with van der Waals surface area (Å²) < 4.78 is 4.33. The Labute approximate surface area is 35.5 Å². The molecule has 3 N–H and O–H groups in total. The molecule has 0 aliphatic rings. The lowest BCUT2D eigenvalue weighted by Crippen LogP contribution is -1.38. The molecule has 34 valence electrons. The smallest absolute Gasteiger partial charge is 0.123 e. The summed E-state index contributed by atoms with van der Waals surface area (Å²) in [6.07, 6.45) is 3.10. The van der Waals surface area contributed by atoms with E-state index in [2.05, 4.69) is 9.68 Å². The van der Waals surface area contributed by atoms with Gasteiger partial charge in [-0.05, 0) is 6.07 Å². The first-order valence-corrected chi connectivity index (χ1v) is 1.34. The van der Waals surface area contributed by atoms with Crippen LogP contribution in [0, 0.1) is 0 Å². The highest BCUT2D eigenvalue weighted by atomic mass is 16.5. The largest absolute Gasteiger partial charge is 0.365 e. The van der Waals surface area contributed by atoms with Gasteiger partial charge >= 0.3 is 0 Å². The molecule has 1 aromatic rings. The molecule has 3 heteroatoms. The van der Waals surface area contributed by atoms with Gasteiger partial charge in [-0.15, -0.1) is 0 Å². The van der Waals surface area contributed by atoms with Crippen LogP contribution in [0.25, 0.3) is 0 Å². The Kier molecular flexibility index (Phi) is 2.08. The summed E-state index contributed by atoms with van der Waals surface area (Å²) in [5.41, 5.74) is 0. The number of nitrogens with zero attached hydrogens (tertiary/aromatic N) is 1. The zero-order valence-corrected chi connectivity index (χ0v) is 3.29. The molecule has 3 nitrogen and oxygen atoms in total. The molecule has 0 aliphatic carbocycles. The minimum atomic E-state index is 0. The monoisotopic (exact) mass is 86.0 g/mol. The van der Waals surface area contributed by atoms with E-state index < -0.39 is 0 Å². The Morgan fingerprint density at radius 2 is 2.33 bits per heavy atom. The van der Waals surface area contributed by atoms with E-state index in [1.165, 1.54) is 6.26 Å². The molecule has 6 heavy (non-hydrogen) atoms. The molecule has 0 aromatic carbocycles. The maximum Gasteiger partial charge on any atom is 0.123 e. The van der Waals surface area contributed by atoms with Crippen molar-refractivity contribution in [2.75, 3.05) is 0 Å². The highest BCUT2D eigenvalue weighted by Crippen LogP contribution is 1.72. The zero-order valence-electron chi connectivity index (χ0n) is 3.29. The molecule has 0 spiro atoms. The molecular weight excluding hydrogens is 80.0 g/mol. The molecule has 0 saturated heterocycles. The van der Waals surface area contributed by atoms with Crippen LogP contribution < -0.4 is 6.15 Å². The van der Waals surface area contributed by atoms with E-state index in [0.29, 0.717) is 0 Å². The lowest BCUT2D eigenvalue weighted by Gasteiger charge is -1.48. The second-order valence-corrected chi connectivity index (χ2v) is 0.688. The van der Waals surface area contributed by atoms with E-state index in [1.54, 1.807) is 12.3 Å². The van der Waals surface area contributed by atoms with Crippen molar-refractivity contribution in [3.63, 3.8) is 0 Å². The van der Waals surface area contributed by atoms with Crippen molar-refractivity contribution < 1.29 is 4.52 Å². The summed E-state index contributed by atoms with van der Waals surface area (Å²) in [5.74, 6) is 0. The van der Waals surface area contributed by atoms with Gasteiger partial charge in [0.1, 0.15) is 6.26 Å². The van der Waals surface area contributed by atoms with Crippen LogP contribution in [0.5, 0.6) is 0 Å². The summed E-state index contributed by atoms with van der Waals surface area (Å²) in [6.45, 7) is 0. The predicted octanol–water partition coefficient (Wildman–Crippen LogP) is 0.837. The van der Waals surface area contributed by atoms with Crippen LogP contribution in [-0.2, 0) is 0 Å². The third-order valence-corrected chi connectivity index (χ3v) is 0.347. The Balaban J connectivity index is 0.000000250. The number of aromatic nitrogens is 1. The molecule has 0 saturated carbocycles. The lowest BCUT2D eigenvalue weighted by atomic mass is 10.8. The third kappa shape index (κ3) is 0.858. The first kappa shape index (κ1) is 5.17.